The third-order valence-electron chi connectivity index (χ3n) is 4.46. The van der Waals surface area contributed by atoms with Gasteiger partial charge in [-0.05, 0) is 36.2 Å². The van der Waals surface area contributed by atoms with Crippen molar-refractivity contribution < 1.29 is 4.79 Å². The predicted molar refractivity (Wildman–Crippen MR) is 110 cm³/mol. The van der Waals surface area contributed by atoms with Gasteiger partial charge in [0, 0.05) is 23.3 Å². The molecule has 0 aliphatic heterocycles. The van der Waals surface area contributed by atoms with Gasteiger partial charge in [0.1, 0.15) is 0 Å². The normalized spacial score (nSPS) is 10.8. The van der Waals surface area contributed by atoms with Crippen LogP contribution in [0.2, 0.25) is 5.02 Å². The molecule has 0 radical (unpaired) electrons. The fourth-order valence-electron chi connectivity index (χ4n) is 2.98. The van der Waals surface area contributed by atoms with Gasteiger partial charge in [0.15, 0.2) is 5.69 Å². The zero-order valence-electron chi connectivity index (χ0n) is 15.8. The molecular formula is C21H19ClN6O. The van der Waals surface area contributed by atoms with Crippen molar-refractivity contribution in [1.82, 2.24) is 30.1 Å². The van der Waals surface area contributed by atoms with Gasteiger partial charge in [-0.1, -0.05) is 47.1 Å². The van der Waals surface area contributed by atoms with Crippen LogP contribution in [0.5, 0.6) is 0 Å². The van der Waals surface area contributed by atoms with Crippen molar-refractivity contribution in [2.24, 2.45) is 0 Å². The summed E-state index contributed by atoms with van der Waals surface area (Å²) in [6, 6.07) is 15.5. The number of halogens is 1. The second kappa shape index (κ2) is 8.28. The van der Waals surface area contributed by atoms with Gasteiger partial charge in [0.25, 0.3) is 5.91 Å². The van der Waals surface area contributed by atoms with Crippen molar-refractivity contribution in [1.29, 1.82) is 0 Å². The lowest BCUT2D eigenvalue weighted by atomic mass is 10.2. The van der Waals surface area contributed by atoms with Crippen molar-refractivity contribution in [2.45, 2.75) is 20.0 Å². The molecule has 2 heterocycles. The minimum Gasteiger partial charge on any atom is -0.346 e. The van der Waals surface area contributed by atoms with E-state index >= 15 is 0 Å². The largest absolute Gasteiger partial charge is 0.346 e. The molecule has 2 aromatic carbocycles. The van der Waals surface area contributed by atoms with Gasteiger partial charge in [-0.3, -0.25) is 4.79 Å². The van der Waals surface area contributed by atoms with E-state index in [1.807, 2.05) is 61.7 Å². The third-order valence-corrected chi connectivity index (χ3v) is 4.69. The Labute approximate surface area is 172 Å². The van der Waals surface area contributed by atoms with E-state index < -0.39 is 0 Å². The number of rotatable bonds is 6. The third kappa shape index (κ3) is 4.52. The number of aromatic nitrogens is 5. The maximum absolute atomic E-state index is 12.4. The molecule has 0 bridgehead atoms. The number of carbonyl (C=O) groups is 1. The number of hydrogen-bond acceptors (Lipinski definition) is 4. The van der Waals surface area contributed by atoms with E-state index in [1.165, 1.54) is 0 Å². The molecule has 0 saturated carbocycles. The molecule has 2 aromatic heterocycles. The number of benzene rings is 2. The second-order valence-electron chi connectivity index (χ2n) is 6.69. The molecule has 0 unspecified atom stereocenters. The molecule has 0 aliphatic carbocycles. The lowest BCUT2D eigenvalue weighted by molar-refractivity contribution is 0.0946. The zero-order valence-corrected chi connectivity index (χ0v) is 16.5. The van der Waals surface area contributed by atoms with Crippen molar-refractivity contribution in [2.75, 3.05) is 0 Å². The van der Waals surface area contributed by atoms with Gasteiger partial charge in [0.2, 0.25) is 0 Å². The monoisotopic (exact) mass is 406 g/mol. The smallest absolute Gasteiger partial charge is 0.273 e. The summed E-state index contributed by atoms with van der Waals surface area (Å²) in [5.41, 5.74) is 4.28. The van der Waals surface area contributed by atoms with Gasteiger partial charge in [-0.2, -0.15) is 5.10 Å². The van der Waals surface area contributed by atoms with Crippen molar-refractivity contribution in [3.8, 4) is 5.69 Å². The van der Waals surface area contributed by atoms with Crippen LogP contribution in [0, 0.1) is 6.92 Å². The molecule has 4 rings (SSSR count). The topological polar surface area (TPSA) is 77.6 Å². The van der Waals surface area contributed by atoms with Crippen LogP contribution in [0.1, 0.15) is 27.2 Å². The number of nitrogens with zero attached hydrogens (tertiary/aromatic N) is 5. The number of carbonyl (C=O) groups excluding carboxylic acids is 1. The van der Waals surface area contributed by atoms with Gasteiger partial charge in [-0.25, -0.2) is 9.36 Å². The van der Waals surface area contributed by atoms with Crippen molar-refractivity contribution in [3.63, 3.8) is 0 Å². The maximum Gasteiger partial charge on any atom is 0.273 e. The highest BCUT2D eigenvalue weighted by atomic mass is 35.5. The average molecular weight is 407 g/mol. The van der Waals surface area contributed by atoms with Crippen LogP contribution in [0.15, 0.2) is 67.1 Å². The molecular weight excluding hydrogens is 388 g/mol. The molecule has 0 saturated heterocycles. The van der Waals surface area contributed by atoms with Crippen LogP contribution >= 0.6 is 11.6 Å². The van der Waals surface area contributed by atoms with Gasteiger partial charge in [-0.15, -0.1) is 5.10 Å². The number of hydrogen-bond donors (Lipinski definition) is 1. The van der Waals surface area contributed by atoms with Gasteiger partial charge >= 0.3 is 0 Å². The van der Waals surface area contributed by atoms with E-state index in [0.717, 1.165) is 22.4 Å². The fraction of sp³-hybridized carbons (Fsp3) is 0.143. The molecule has 0 fully saturated rings. The standard InChI is InChI=1S/C21H19ClN6O/c1-15-5-2-3-8-20(15)28-13-17(11-24-28)10-23-21(29)19-14-27(26-25-19)12-16-6-4-7-18(22)9-16/h2-9,11,13-14H,10,12H2,1H3,(H,23,29). The molecule has 0 spiro atoms. The summed E-state index contributed by atoms with van der Waals surface area (Å²) in [4.78, 5) is 12.4. The van der Waals surface area contributed by atoms with Crippen molar-refractivity contribution >= 4 is 17.5 Å². The van der Waals surface area contributed by atoms with Crippen LogP contribution in [0.3, 0.4) is 0 Å². The van der Waals surface area contributed by atoms with Crippen LogP contribution in [-0.4, -0.2) is 30.7 Å². The summed E-state index contributed by atoms with van der Waals surface area (Å²) in [6.45, 7) is 2.88. The average Bonchev–Trinajstić information content (AvgIpc) is 3.36. The van der Waals surface area contributed by atoms with Crippen LogP contribution < -0.4 is 5.32 Å². The lowest BCUT2D eigenvalue weighted by Gasteiger charge is -2.04. The van der Waals surface area contributed by atoms with Crippen LogP contribution in [0.25, 0.3) is 5.69 Å². The number of para-hydroxylation sites is 1. The van der Waals surface area contributed by atoms with E-state index in [1.54, 1.807) is 21.8 Å². The Bertz CT molecular complexity index is 1150. The number of amides is 1. The first-order valence-electron chi connectivity index (χ1n) is 9.11. The molecule has 8 heteroatoms. The van der Waals surface area contributed by atoms with E-state index in [9.17, 15) is 4.79 Å². The molecule has 146 valence electrons. The Balaban J connectivity index is 1.37. The Kier molecular flexibility index (Phi) is 5.39. The first kappa shape index (κ1) is 18.9. The molecule has 1 N–H and O–H groups in total. The SMILES string of the molecule is Cc1ccccc1-n1cc(CNC(=O)c2cn(Cc3cccc(Cl)c3)nn2)cn1. The molecule has 4 aromatic rings. The molecule has 29 heavy (non-hydrogen) atoms. The highest BCUT2D eigenvalue weighted by Crippen LogP contribution is 2.13. The summed E-state index contributed by atoms with van der Waals surface area (Å²) in [5, 5.41) is 15.9. The van der Waals surface area contributed by atoms with E-state index in [2.05, 4.69) is 20.7 Å². The lowest BCUT2D eigenvalue weighted by Crippen LogP contribution is -2.23. The molecule has 0 atom stereocenters. The minimum absolute atomic E-state index is 0.262. The van der Waals surface area contributed by atoms with Crippen molar-refractivity contribution in [3.05, 3.63) is 94.5 Å². The Morgan fingerprint density at radius 1 is 1.10 bits per heavy atom. The number of nitrogens with one attached hydrogen (secondary N) is 1. The maximum atomic E-state index is 12.4. The van der Waals surface area contributed by atoms with E-state index in [4.69, 9.17) is 11.6 Å². The summed E-state index contributed by atoms with van der Waals surface area (Å²) < 4.78 is 3.41. The summed E-state index contributed by atoms with van der Waals surface area (Å²) in [5.74, 6) is -0.286. The highest BCUT2D eigenvalue weighted by molar-refractivity contribution is 6.30. The first-order chi connectivity index (χ1) is 14.1. The van der Waals surface area contributed by atoms with Crippen LogP contribution in [0.4, 0.5) is 0 Å². The molecule has 1 amide bonds. The Morgan fingerprint density at radius 3 is 2.79 bits per heavy atom. The zero-order chi connectivity index (χ0) is 20.2. The minimum atomic E-state index is -0.286. The van der Waals surface area contributed by atoms with Crippen LogP contribution in [-0.2, 0) is 13.1 Å². The first-order valence-corrected chi connectivity index (χ1v) is 9.48. The van der Waals surface area contributed by atoms with Gasteiger partial charge < -0.3 is 5.32 Å². The Morgan fingerprint density at radius 2 is 1.97 bits per heavy atom. The predicted octanol–water partition coefficient (Wildman–Crippen LogP) is 3.40. The molecule has 0 aliphatic rings. The molecule has 7 nitrogen and oxygen atoms in total. The quantitative estimate of drug-likeness (QED) is 0.532. The fourth-order valence-corrected chi connectivity index (χ4v) is 3.19. The van der Waals surface area contributed by atoms with E-state index in [-0.39, 0.29) is 11.6 Å². The van der Waals surface area contributed by atoms with Gasteiger partial charge in [0.05, 0.1) is 24.6 Å². The Hall–Kier alpha value is -3.45. The summed E-state index contributed by atoms with van der Waals surface area (Å²) >= 11 is 6.00. The highest BCUT2D eigenvalue weighted by Gasteiger charge is 2.12. The van der Waals surface area contributed by atoms with E-state index in [0.29, 0.717) is 18.1 Å². The summed E-state index contributed by atoms with van der Waals surface area (Å²) in [7, 11) is 0. The number of aryl methyl sites for hydroxylation is 1. The summed E-state index contributed by atoms with van der Waals surface area (Å²) in [6.07, 6.45) is 5.26. The second-order valence-corrected chi connectivity index (χ2v) is 7.13.